The number of aliphatic carboxylic acids is 1. The molecular formula is C24H44O5. The zero-order chi connectivity index (χ0) is 22.2. The monoisotopic (exact) mass is 412 g/mol. The summed E-state index contributed by atoms with van der Waals surface area (Å²) in [5.41, 5.74) is 0. The lowest BCUT2D eigenvalue weighted by Gasteiger charge is -2.10. The summed E-state index contributed by atoms with van der Waals surface area (Å²) >= 11 is 0. The zero-order valence-corrected chi connectivity index (χ0v) is 18.8. The number of aliphatic hydroxyl groups is 2. The normalized spacial score (nSPS) is 13.7. The molecule has 0 heterocycles. The number of carbonyl (C=O) groups is 1. The van der Waals surface area contributed by atoms with Gasteiger partial charge in [-0.05, 0) is 52.4 Å². The van der Waals surface area contributed by atoms with Crippen LogP contribution >= 0.6 is 0 Å². The molecule has 3 N–H and O–H groups in total. The second-order valence-electron chi connectivity index (χ2n) is 7.17. The third-order valence-electron chi connectivity index (χ3n) is 3.92. The molecule has 0 bridgehead atoms. The molecule has 0 aromatic rings. The molecule has 0 spiro atoms. The molecule has 0 aromatic heterocycles. The van der Waals surface area contributed by atoms with Crippen molar-refractivity contribution in [2.75, 3.05) is 13.2 Å². The topological polar surface area (TPSA) is 87.0 Å². The van der Waals surface area contributed by atoms with Gasteiger partial charge in [0, 0.05) is 6.42 Å². The number of unbranched alkanes of at least 4 members (excludes halogenated alkanes) is 5. The Labute approximate surface area is 178 Å². The molecule has 0 amide bonds. The second-order valence-corrected chi connectivity index (χ2v) is 7.17. The van der Waals surface area contributed by atoms with E-state index in [1.807, 2.05) is 0 Å². The van der Waals surface area contributed by atoms with Gasteiger partial charge >= 0.3 is 5.97 Å². The number of rotatable bonds is 17. The summed E-state index contributed by atoms with van der Waals surface area (Å²) in [6.07, 6.45) is 22.8. The fraction of sp³-hybridized carbons (Fsp3) is 0.708. The van der Waals surface area contributed by atoms with Gasteiger partial charge in [-0.3, -0.25) is 4.79 Å². The first kappa shape index (κ1) is 29.8. The molecule has 0 fully saturated rings. The minimum atomic E-state index is -0.675. The van der Waals surface area contributed by atoms with Crippen LogP contribution in [0.4, 0.5) is 0 Å². The lowest BCUT2D eigenvalue weighted by Crippen LogP contribution is -2.19. The van der Waals surface area contributed by atoms with Crippen LogP contribution in [0.25, 0.3) is 0 Å². The quantitative estimate of drug-likeness (QED) is 0.219. The van der Waals surface area contributed by atoms with Gasteiger partial charge in [-0.25, -0.2) is 0 Å². The average Bonchev–Trinajstić information content (AvgIpc) is 2.69. The smallest absolute Gasteiger partial charge is 0.303 e. The molecule has 0 saturated heterocycles. The fourth-order valence-corrected chi connectivity index (χ4v) is 2.25. The van der Waals surface area contributed by atoms with Gasteiger partial charge in [-0.2, -0.15) is 0 Å². The second kappa shape index (κ2) is 24.6. The summed E-state index contributed by atoms with van der Waals surface area (Å²) in [7, 11) is 0. The summed E-state index contributed by atoms with van der Waals surface area (Å²) in [5.74, 6) is -0.675. The van der Waals surface area contributed by atoms with E-state index in [9.17, 15) is 4.79 Å². The summed E-state index contributed by atoms with van der Waals surface area (Å²) < 4.78 is 4.95. The van der Waals surface area contributed by atoms with E-state index in [2.05, 4.69) is 43.4 Å². The van der Waals surface area contributed by atoms with E-state index >= 15 is 0 Å². The number of aliphatic hydroxyl groups excluding tert-OH is 2. The van der Waals surface area contributed by atoms with Crippen molar-refractivity contribution >= 4 is 5.97 Å². The predicted molar refractivity (Wildman–Crippen MR) is 121 cm³/mol. The van der Waals surface area contributed by atoms with Crippen LogP contribution in [-0.4, -0.2) is 46.7 Å². The maximum Gasteiger partial charge on any atom is 0.303 e. The number of allylic oxidation sites excluding steroid dienone is 6. The van der Waals surface area contributed by atoms with Crippen LogP contribution in [0.15, 0.2) is 36.5 Å². The Morgan fingerprint density at radius 3 is 2.00 bits per heavy atom. The lowest BCUT2D eigenvalue weighted by molar-refractivity contribution is -0.137. The number of hydrogen-bond donors (Lipinski definition) is 3. The van der Waals surface area contributed by atoms with Crippen LogP contribution in [-0.2, 0) is 9.53 Å². The average molecular weight is 413 g/mol. The van der Waals surface area contributed by atoms with Gasteiger partial charge in [0.15, 0.2) is 0 Å². The molecule has 5 heteroatoms. The predicted octanol–water partition coefficient (Wildman–Crippen LogP) is 5.43. The molecule has 0 aliphatic rings. The molecule has 29 heavy (non-hydrogen) atoms. The maximum absolute atomic E-state index is 10.3. The molecule has 2 atom stereocenters. The third-order valence-corrected chi connectivity index (χ3v) is 3.92. The van der Waals surface area contributed by atoms with Gasteiger partial charge in [0.25, 0.3) is 0 Å². The maximum atomic E-state index is 10.3. The summed E-state index contributed by atoms with van der Waals surface area (Å²) in [5, 5.41) is 25.6. The highest BCUT2D eigenvalue weighted by molar-refractivity contribution is 5.66. The molecule has 0 aromatic carbocycles. The fourth-order valence-electron chi connectivity index (χ4n) is 2.25. The van der Waals surface area contributed by atoms with Crippen LogP contribution in [0.3, 0.4) is 0 Å². The van der Waals surface area contributed by atoms with E-state index in [0.717, 1.165) is 44.9 Å². The van der Waals surface area contributed by atoms with Crippen molar-refractivity contribution in [1.82, 2.24) is 0 Å². The van der Waals surface area contributed by atoms with E-state index in [4.69, 9.17) is 20.1 Å². The highest BCUT2D eigenvalue weighted by atomic mass is 16.5. The van der Waals surface area contributed by atoms with Crippen molar-refractivity contribution in [3.05, 3.63) is 36.5 Å². The Bertz CT molecular complexity index is 427. The number of carboxylic acids is 1. The van der Waals surface area contributed by atoms with Gasteiger partial charge in [-0.15, -0.1) is 0 Å². The van der Waals surface area contributed by atoms with Gasteiger partial charge in [-0.1, -0.05) is 62.6 Å². The molecule has 0 saturated carbocycles. The Balaban J connectivity index is 0. The number of ether oxygens (including phenoxy) is 1. The molecule has 0 rings (SSSR count). The Morgan fingerprint density at radius 2 is 1.45 bits per heavy atom. The van der Waals surface area contributed by atoms with Crippen molar-refractivity contribution in [3.63, 3.8) is 0 Å². The standard InChI is InChI=1S/C18H30O2.C6H14O3/c1-2-3-4-5-6-7-8-9-10-11-12-13-14-15-16-17-18(19)20;1-5(8)4-9-6(2)3-7/h3-4,6-7,9-10H,2,5,8,11-17H2,1H3,(H,19,20);5-8H,3-4H2,1-2H3/b4-3-,7-6-,10-9-;. The highest BCUT2D eigenvalue weighted by Gasteiger charge is 2.00. The lowest BCUT2D eigenvalue weighted by atomic mass is 10.1. The molecule has 2 unspecified atom stereocenters. The Hall–Kier alpha value is -1.43. The zero-order valence-electron chi connectivity index (χ0n) is 18.8. The summed E-state index contributed by atoms with van der Waals surface area (Å²) in [4.78, 5) is 10.3. The van der Waals surface area contributed by atoms with Crippen molar-refractivity contribution < 1.29 is 24.9 Å². The minimum absolute atomic E-state index is 0.00667. The third kappa shape index (κ3) is 31.5. The van der Waals surface area contributed by atoms with E-state index in [1.54, 1.807) is 13.8 Å². The molecular weight excluding hydrogens is 368 g/mol. The first-order valence-corrected chi connectivity index (χ1v) is 11.0. The SMILES string of the molecule is CC(O)COC(C)CO.CC/C=C\C/C=C\C/C=C\CCCCCCCC(=O)O. The number of hydrogen-bond acceptors (Lipinski definition) is 4. The van der Waals surface area contributed by atoms with E-state index in [0.29, 0.717) is 13.0 Å². The van der Waals surface area contributed by atoms with E-state index in [1.165, 1.54) is 12.8 Å². The molecule has 5 nitrogen and oxygen atoms in total. The molecule has 170 valence electrons. The van der Waals surface area contributed by atoms with Crippen LogP contribution in [0, 0.1) is 0 Å². The largest absolute Gasteiger partial charge is 0.481 e. The van der Waals surface area contributed by atoms with E-state index in [-0.39, 0.29) is 12.7 Å². The van der Waals surface area contributed by atoms with Crippen LogP contribution in [0.2, 0.25) is 0 Å². The van der Waals surface area contributed by atoms with Crippen molar-refractivity contribution in [3.8, 4) is 0 Å². The van der Waals surface area contributed by atoms with Crippen molar-refractivity contribution in [1.29, 1.82) is 0 Å². The first-order chi connectivity index (χ1) is 13.9. The van der Waals surface area contributed by atoms with E-state index < -0.39 is 12.1 Å². The first-order valence-electron chi connectivity index (χ1n) is 11.0. The van der Waals surface area contributed by atoms with Gasteiger partial charge < -0.3 is 20.1 Å². The minimum Gasteiger partial charge on any atom is -0.481 e. The summed E-state index contributed by atoms with van der Waals surface area (Å²) in [6.45, 7) is 5.84. The molecule has 0 aliphatic heterocycles. The number of carboxylic acid groups (broad SMARTS) is 1. The van der Waals surface area contributed by atoms with Gasteiger partial charge in [0.1, 0.15) is 0 Å². The van der Waals surface area contributed by atoms with Crippen molar-refractivity contribution in [2.24, 2.45) is 0 Å². The van der Waals surface area contributed by atoms with Crippen LogP contribution < -0.4 is 0 Å². The van der Waals surface area contributed by atoms with Gasteiger partial charge in [0.05, 0.1) is 25.4 Å². The summed E-state index contributed by atoms with van der Waals surface area (Å²) in [6, 6.07) is 0. The Morgan fingerprint density at radius 1 is 0.897 bits per heavy atom. The van der Waals surface area contributed by atoms with Gasteiger partial charge in [0.2, 0.25) is 0 Å². The van der Waals surface area contributed by atoms with Crippen LogP contribution in [0.5, 0.6) is 0 Å². The highest BCUT2D eigenvalue weighted by Crippen LogP contribution is 2.07. The van der Waals surface area contributed by atoms with Crippen LogP contribution in [0.1, 0.15) is 85.0 Å². The van der Waals surface area contributed by atoms with Crippen molar-refractivity contribution in [2.45, 2.75) is 97.2 Å². The molecule has 0 aliphatic carbocycles. The molecule has 0 radical (unpaired) electrons. The Kier molecular flexibility index (Phi) is 25.3.